The van der Waals surface area contributed by atoms with E-state index in [1.165, 1.54) is 0 Å². The number of aromatic nitrogens is 4. The van der Waals surface area contributed by atoms with E-state index in [-0.39, 0.29) is 17.8 Å². The quantitative estimate of drug-likeness (QED) is 0.0406. The van der Waals surface area contributed by atoms with E-state index in [0.29, 0.717) is 170 Å². The van der Waals surface area contributed by atoms with Crippen LogP contribution in [0, 0.1) is 13.8 Å². The van der Waals surface area contributed by atoms with Crippen molar-refractivity contribution in [3.63, 3.8) is 0 Å². The third kappa shape index (κ3) is 18.7. The molecule has 2 aromatic heterocycles. The SMILES string of the molecule is COc1cc(Cc2cnc(C)nc2N)cc(C)c1OCCCCC(=O)NCCCOCCOCCOCCCNC(=O)CCCCOc1c(OC)cc(Cc2cnc(N)nc2N)cc1OC. The molecule has 362 valence electrons. The number of methoxy groups -OCH3 is 3. The Morgan fingerprint density at radius 2 is 1.00 bits per heavy atom. The lowest BCUT2D eigenvalue weighted by Gasteiger charge is -2.16. The zero-order valence-electron chi connectivity index (χ0n) is 39.2. The zero-order valence-corrected chi connectivity index (χ0v) is 39.2. The maximum Gasteiger partial charge on any atom is 0.221 e. The Balaban J connectivity index is 0.918. The number of nitrogens with zero attached hydrogens (tertiary/aromatic N) is 4. The second-order valence-electron chi connectivity index (χ2n) is 15.4. The van der Waals surface area contributed by atoms with Crippen molar-refractivity contribution in [2.24, 2.45) is 0 Å². The molecule has 8 N–H and O–H groups in total. The van der Waals surface area contributed by atoms with Crippen molar-refractivity contribution >= 4 is 29.4 Å². The van der Waals surface area contributed by atoms with Crippen LogP contribution in [0.1, 0.15) is 85.0 Å². The number of amides is 2. The summed E-state index contributed by atoms with van der Waals surface area (Å²) < 4.78 is 45.6. The molecule has 19 heteroatoms. The third-order valence-corrected chi connectivity index (χ3v) is 10.2. The monoisotopic (exact) mass is 920 g/mol. The fourth-order valence-electron chi connectivity index (χ4n) is 6.74. The van der Waals surface area contributed by atoms with Crippen molar-refractivity contribution in [3.8, 4) is 28.7 Å². The van der Waals surface area contributed by atoms with Gasteiger partial charge in [-0.2, -0.15) is 4.98 Å². The van der Waals surface area contributed by atoms with Crippen molar-refractivity contribution in [2.45, 2.75) is 78.1 Å². The first kappa shape index (κ1) is 52.4. The predicted molar refractivity (Wildman–Crippen MR) is 251 cm³/mol. The van der Waals surface area contributed by atoms with Gasteiger partial charge in [-0.1, -0.05) is 6.07 Å². The molecule has 0 unspecified atom stereocenters. The fraction of sp³-hybridized carbons (Fsp3) is 0.532. The number of benzene rings is 2. The molecule has 4 aromatic rings. The van der Waals surface area contributed by atoms with Gasteiger partial charge in [0.2, 0.25) is 23.5 Å². The Kier molecular flexibility index (Phi) is 23.3. The number of nitrogen functional groups attached to an aromatic ring is 3. The smallest absolute Gasteiger partial charge is 0.221 e. The maximum absolute atomic E-state index is 12.3. The number of carbonyl (C=O) groups excluding carboxylic acids is 2. The van der Waals surface area contributed by atoms with E-state index in [4.69, 9.17) is 55.1 Å². The number of hydrogen-bond donors (Lipinski definition) is 5. The van der Waals surface area contributed by atoms with Gasteiger partial charge in [-0.05, 0) is 87.3 Å². The second-order valence-corrected chi connectivity index (χ2v) is 15.4. The van der Waals surface area contributed by atoms with E-state index in [1.807, 2.05) is 32.0 Å². The summed E-state index contributed by atoms with van der Waals surface area (Å²) in [5.74, 6) is 4.41. The molecule has 0 bridgehead atoms. The maximum atomic E-state index is 12.3. The standard InChI is InChI=1S/C47H69N9O10/c1-32-24-34(25-36-30-53-33(2)55-45(36)48)27-38(59-3)43(32)65-18-8-6-12-41(57)51-14-10-16-62-20-22-64-23-21-63-17-11-15-52-42(58)13-7-9-19-66-44-39(60-4)28-35(29-40(44)61-5)26-37-31-54-47(50)56-46(37)49/h24,27-31H,6-23,25-26H2,1-5H3,(H,51,57)(H,52,58)(H2,48,53,55)(H4,49,50,54,56). The second kappa shape index (κ2) is 29.4. The minimum atomic E-state index is -0.0159. The highest BCUT2D eigenvalue weighted by Gasteiger charge is 2.17. The van der Waals surface area contributed by atoms with Gasteiger partial charge >= 0.3 is 0 Å². The Bertz CT molecular complexity index is 2080. The Morgan fingerprint density at radius 1 is 0.545 bits per heavy atom. The van der Waals surface area contributed by atoms with Crippen LogP contribution in [0.5, 0.6) is 28.7 Å². The van der Waals surface area contributed by atoms with Gasteiger partial charge in [-0.25, -0.2) is 15.0 Å². The summed E-state index contributed by atoms with van der Waals surface area (Å²) in [4.78, 5) is 41.2. The average molecular weight is 920 g/mol. The van der Waals surface area contributed by atoms with Crippen LogP contribution in [0.25, 0.3) is 0 Å². The van der Waals surface area contributed by atoms with Gasteiger partial charge < -0.3 is 65.7 Å². The summed E-state index contributed by atoms with van der Waals surface area (Å²) in [6.45, 7) is 8.60. The lowest BCUT2D eigenvalue weighted by atomic mass is 10.0. The number of unbranched alkanes of at least 4 members (excludes halogenated alkanes) is 2. The number of anilines is 3. The number of ether oxygens (including phenoxy) is 8. The largest absolute Gasteiger partial charge is 0.493 e. The molecule has 4 rings (SSSR count). The molecule has 2 heterocycles. The molecule has 0 aliphatic heterocycles. The number of rotatable bonds is 33. The highest BCUT2D eigenvalue weighted by molar-refractivity contribution is 5.76. The van der Waals surface area contributed by atoms with E-state index in [2.05, 4.69) is 36.6 Å². The molecule has 0 saturated heterocycles. The fourth-order valence-corrected chi connectivity index (χ4v) is 6.74. The first-order chi connectivity index (χ1) is 32.0. The van der Waals surface area contributed by atoms with E-state index >= 15 is 0 Å². The van der Waals surface area contributed by atoms with Crippen LogP contribution in [0.15, 0.2) is 36.7 Å². The number of aryl methyl sites for hydroxylation is 2. The van der Waals surface area contributed by atoms with Gasteiger partial charge in [0, 0.05) is 75.5 Å². The van der Waals surface area contributed by atoms with Crippen molar-refractivity contribution in [3.05, 3.63) is 70.3 Å². The van der Waals surface area contributed by atoms with Crippen LogP contribution in [0.3, 0.4) is 0 Å². The molecule has 0 aliphatic carbocycles. The highest BCUT2D eigenvalue weighted by atomic mass is 16.5. The van der Waals surface area contributed by atoms with Crippen molar-refractivity contribution in [1.29, 1.82) is 0 Å². The summed E-state index contributed by atoms with van der Waals surface area (Å²) in [7, 11) is 4.74. The van der Waals surface area contributed by atoms with Crippen LogP contribution < -0.4 is 51.5 Å². The molecule has 0 atom stereocenters. The molecule has 0 aliphatic rings. The van der Waals surface area contributed by atoms with Crippen LogP contribution >= 0.6 is 0 Å². The van der Waals surface area contributed by atoms with Gasteiger partial charge in [0.25, 0.3) is 0 Å². The Labute approximate surface area is 388 Å². The number of nitrogens with two attached hydrogens (primary N) is 3. The summed E-state index contributed by atoms with van der Waals surface area (Å²) in [6, 6.07) is 7.70. The third-order valence-electron chi connectivity index (χ3n) is 10.2. The summed E-state index contributed by atoms with van der Waals surface area (Å²) in [6.07, 6.45) is 9.40. The minimum Gasteiger partial charge on any atom is -0.493 e. The van der Waals surface area contributed by atoms with E-state index < -0.39 is 0 Å². The number of nitrogens with one attached hydrogen (secondary N) is 2. The van der Waals surface area contributed by atoms with Gasteiger partial charge in [0.05, 0.1) is 61.0 Å². The van der Waals surface area contributed by atoms with Gasteiger partial charge in [0.1, 0.15) is 17.5 Å². The van der Waals surface area contributed by atoms with Crippen LogP contribution in [0.4, 0.5) is 17.6 Å². The summed E-state index contributed by atoms with van der Waals surface area (Å²) >= 11 is 0. The molecule has 0 spiro atoms. The first-order valence-electron chi connectivity index (χ1n) is 22.4. The molecule has 2 aromatic carbocycles. The highest BCUT2D eigenvalue weighted by Crippen LogP contribution is 2.39. The minimum absolute atomic E-state index is 0.00891. The predicted octanol–water partition coefficient (Wildman–Crippen LogP) is 4.70. The summed E-state index contributed by atoms with van der Waals surface area (Å²) in [5, 5.41) is 5.87. The van der Waals surface area contributed by atoms with Crippen LogP contribution in [-0.2, 0) is 36.6 Å². The molecule has 0 fully saturated rings. The van der Waals surface area contributed by atoms with E-state index in [0.717, 1.165) is 34.2 Å². The van der Waals surface area contributed by atoms with E-state index in [9.17, 15) is 9.59 Å². The Morgan fingerprint density at radius 3 is 1.50 bits per heavy atom. The van der Waals surface area contributed by atoms with Gasteiger partial charge in [-0.15, -0.1) is 0 Å². The average Bonchev–Trinajstić information content (AvgIpc) is 3.29. The lowest BCUT2D eigenvalue weighted by Crippen LogP contribution is -2.25. The normalized spacial score (nSPS) is 11.0. The van der Waals surface area contributed by atoms with Crippen molar-refractivity contribution < 1.29 is 47.5 Å². The lowest BCUT2D eigenvalue weighted by molar-refractivity contribution is -0.122. The number of hydrogen-bond acceptors (Lipinski definition) is 17. The molecule has 2 amide bonds. The van der Waals surface area contributed by atoms with Crippen molar-refractivity contribution in [1.82, 2.24) is 30.6 Å². The van der Waals surface area contributed by atoms with Crippen LogP contribution in [-0.4, -0.2) is 119 Å². The van der Waals surface area contributed by atoms with E-state index in [1.54, 1.807) is 33.7 Å². The van der Waals surface area contributed by atoms with Gasteiger partial charge in [-0.3, -0.25) is 9.59 Å². The molecule has 66 heavy (non-hydrogen) atoms. The number of carbonyl (C=O) groups is 2. The zero-order chi connectivity index (χ0) is 47.5. The van der Waals surface area contributed by atoms with Crippen molar-refractivity contribution in [2.75, 3.05) is 104 Å². The van der Waals surface area contributed by atoms with Crippen LogP contribution in [0.2, 0.25) is 0 Å². The molecular formula is C47H69N9O10. The summed E-state index contributed by atoms with van der Waals surface area (Å²) in [5.41, 5.74) is 22.1. The molecule has 0 radical (unpaired) electrons. The van der Waals surface area contributed by atoms with Gasteiger partial charge in [0.15, 0.2) is 23.0 Å². The molecule has 0 saturated carbocycles. The Hall–Kier alpha value is -6.18. The molecular weight excluding hydrogens is 851 g/mol. The topological polar surface area (TPSA) is 262 Å². The molecule has 19 nitrogen and oxygen atoms in total. The first-order valence-corrected chi connectivity index (χ1v) is 22.4.